The second kappa shape index (κ2) is 5.87. The van der Waals surface area contributed by atoms with E-state index in [-0.39, 0.29) is 0 Å². The predicted molar refractivity (Wildman–Crippen MR) is 75.5 cm³/mol. The summed E-state index contributed by atoms with van der Waals surface area (Å²) in [4.78, 5) is 0. The zero-order valence-corrected chi connectivity index (χ0v) is 12.2. The Kier molecular flexibility index (Phi) is 4.44. The van der Waals surface area contributed by atoms with Crippen molar-refractivity contribution in [3.63, 3.8) is 0 Å². The number of aromatic nitrogens is 2. The maximum Gasteiger partial charge on any atom is 0.0597 e. The first-order valence-electron chi connectivity index (χ1n) is 7.33. The lowest BCUT2D eigenvalue weighted by molar-refractivity contribution is 0.219. The van der Waals surface area contributed by atoms with Gasteiger partial charge in [-0.3, -0.25) is 4.68 Å². The van der Waals surface area contributed by atoms with E-state index in [1.165, 1.54) is 37.8 Å². The first-order chi connectivity index (χ1) is 8.65. The van der Waals surface area contributed by atoms with Crippen molar-refractivity contribution in [3.05, 3.63) is 17.5 Å². The third-order valence-electron chi connectivity index (χ3n) is 4.61. The van der Waals surface area contributed by atoms with Crippen molar-refractivity contribution in [3.8, 4) is 0 Å². The van der Waals surface area contributed by atoms with Gasteiger partial charge < -0.3 is 5.32 Å². The summed E-state index contributed by atoms with van der Waals surface area (Å²) in [6.07, 6.45) is 6.86. The number of nitrogens with zero attached hydrogens (tertiary/aromatic N) is 2. The molecular formula is C15H27N3. The maximum atomic E-state index is 4.48. The molecule has 0 spiro atoms. The van der Waals surface area contributed by atoms with E-state index in [4.69, 9.17) is 0 Å². The number of rotatable bonds is 4. The van der Waals surface area contributed by atoms with Crippen molar-refractivity contribution in [2.45, 2.75) is 52.0 Å². The molecule has 1 saturated carbocycles. The largest absolute Gasteiger partial charge is 0.311 e. The molecule has 18 heavy (non-hydrogen) atoms. The summed E-state index contributed by atoms with van der Waals surface area (Å²) in [7, 11) is 4.14. The Hall–Kier alpha value is -0.830. The third-order valence-corrected chi connectivity index (χ3v) is 4.61. The van der Waals surface area contributed by atoms with E-state index in [9.17, 15) is 0 Å². The average molecular weight is 249 g/mol. The van der Waals surface area contributed by atoms with Crippen LogP contribution < -0.4 is 5.32 Å². The van der Waals surface area contributed by atoms with Crippen LogP contribution in [-0.2, 0) is 7.05 Å². The zero-order chi connectivity index (χ0) is 13.1. The lowest BCUT2D eigenvalue weighted by Gasteiger charge is -2.33. The topological polar surface area (TPSA) is 29.9 Å². The van der Waals surface area contributed by atoms with Crippen LogP contribution in [0.4, 0.5) is 0 Å². The number of hydrogen-bond donors (Lipinski definition) is 1. The van der Waals surface area contributed by atoms with Gasteiger partial charge in [0, 0.05) is 7.05 Å². The van der Waals surface area contributed by atoms with E-state index in [0.717, 1.165) is 17.5 Å². The van der Waals surface area contributed by atoms with Crippen molar-refractivity contribution in [2.24, 2.45) is 18.9 Å². The number of hydrogen-bond acceptors (Lipinski definition) is 2. The minimum Gasteiger partial charge on any atom is -0.311 e. The highest BCUT2D eigenvalue weighted by Gasteiger charge is 2.28. The third kappa shape index (κ3) is 2.77. The number of aryl methyl sites for hydroxylation is 2. The molecule has 1 aromatic rings. The van der Waals surface area contributed by atoms with Crippen molar-refractivity contribution in [2.75, 3.05) is 7.05 Å². The molecule has 0 radical (unpaired) electrons. The van der Waals surface area contributed by atoms with Gasteiger partial charge in [-0.2, -0.15) is 5.10 Å². The molecule has 1 heterocycles. The molecule has 1 aromatic heterocycles. The number of nitrogens with one attached hydrogen (secondary N) is 1. The van der Waals surface area contributed by atoms with E-state index in [0.29, 0.717) is 6.04 Å². The summed E-state index contributed by atoms with van der Waals surface area (Å²) in [5, 5.41) is 8.00. The van der Waals surface area contributed by atoms with Crippen LogP contribution in [0.25, 0.3) is 0 Å². The Balaban J connectivity index is 2.08. The molecule has 1 atom stereocenters. The highest BCUT2D eigenvalue weighted by atomic mass is 15.3. The van der Waals surface area contributed by atoms with E-state index < -0.39 is 0 Å². The lowest BCUT2D eigenvalue weighted by atomic mass is 9.77. The van der Waals surface area contributed by atoms with Crippen molar-refractivity contribution >= 4 is 0 Å². The van der Waals surface area contributed by atoms with Crippen molar-refractivity contribution < 1.29 is 0 Å². The second-order valence-corrected chi connectivity index (χ2v) is 5.79. The van der Waals surface area contributed by atoms with E-state index >= 15 is 0 Å². The average Bonchev–Trinajstić information content (AvgIpc) is 2.70. The molecule has 0 amide bonds. The van der Waals surface area contributed by atoms with Gasteiger partial charge in [0.15, 0.2) is 0 Å². The van der Waals surface area contributed by atoms with Crippen LogP contribution >= 0.6 is 0 Å². The molecule has 0 saturated heterocycles. The Labute approximate surface area is 111 Å². The Bertz CT molecular complexity index is 375. The van der Waals surface area contributed by atoms with Crippen molar-refractivity contribution in [1.82, 2.24) is 15.1 Å². The second-order valence-electron chi connectivity index (χ2n) is 5.79. The van der Waals surface area contributed by atoms with Gasteiger partial charge in [0.25, 0.3) is 0 Å². The van der Waals surface area contributed by atoms with Gasteiger partial charge in [-0.15, -0.1) is 0 Å². The molecule has 1 fully saturated rings. The molecule has 0 aliphatic heterocycles. The molecule has 102 valence electrons. The molecule has 1 aliphatic carbocycles. The quantitative estimate of drug-likeness (QED) is 0.888. The zero-order valence-electron chi connectivity index (χ0n) is 12.2. The molecule has 1 unspecified atom stereocenters. The SMILES string of the molecule is CCC1CCC(C(NC)c2cc(C)nn2C)CC1. The van der Waals surface area contributed by atoms with Crippen LogP contribution in [0.3, 0.4) is 0 Å². The van der Waals surface area contributed by atoms with Gasteiger partial charge in [0.2, 0.25) is 0 Å². The van der Waals surface area contributed by atoms with Crippen LogP contribution in [0.1, 0.15) is 56.5 Å². The molecule has 2 rings (SSSR count). The Morgan fingerprint density at radius 1 is 1.39 bits per heavy atom. The maximum absolute atomic E-state index is 4.48. The van der Waals surface area contributed by atoms with Gasteiger partial charge in [-0.1, -0.05) is 26.2 Å². The summed E-state index contributed by atoms with van der Waals surface area (Å²) >= 11 is 0. The first kappa shape index (κ1) is 13.6. The van der Waals surface area contributed by atoms with Gasteiger partial charge in [0.1, 0.15) is 0 Å². The van der Waals surface area contributed by atoms with E-state index in [2.05, 4.69) is 44.4 Å². The van der Waals surface area contributed by atoms with Crippen LogP contribution in [0.5, 0.6) is 0 Å². The summed E-state index contributed by atoms with van der Waals surface area (Å²) in [6, 6.07) is 2.70. The highest BCUT2D eigenvalue weighted by molar-refractivity contribution is 5.14. The Morgan fingerprint density at radius 3 is 2.50 bits per heavy atom. The van der Waals surface area contributed by atoms with Crippen LogP contribution in [0, 0.1) is 18.8 Å². The van der Waals surface area contributed by atoms with Crippen LogP contribution in [-0.4, -0.2) is 16.8 Å². The molecule has 1 aliphatic rings. The molecule has 3 heteroatoms. The summed E-state index contributed by atoms with van der Waals surface area (Å²) < 4.78 is 2.04. The van der Waals surface area contributed by atoms with Crippen LogP contribution in [0.2, 0.25) is 0 Å². The smallest absolute Gasteiger partial charge is 0.0597 e. The van der Waals surface area contributed by atoms with Gasteiger partial charge >= 0.3 is 0 Å². The van der Waals surface area contributed by atoms with Crippen LogP contribution in [0.15, 0.2) is 6.07 Å². The van der Waals surface area contributed by atoms with E-state index in [1.54, 1.807) is 0 Å². The first-order valence-corrected chi connectivity index (χ1v) is 7.33. The summed E-state index contributed by atoms with van der Waals surface area (Å²) in [5.41, 5.74) is 2.46. The summed E-state index contributed by atoms with van der Waals surface area (Å²) in [6.45, 7) is 4.40. The monoisotopic (exact) mass is 249 g/mol. The fourth-order valence-corrected chi connectivity index (χ4v) is 3.48. The minimum atomic E-state index is 0.467. The molecule has 1 N–H and O–H groups in total. The van der Waals surface area contributed by atoms with E-state index in [1.807, 2.05) is 4.68 Å². The fourth-order valence-electron chi connectivity index (χ4n) is 3.48. The fraction of sp³-hybridized carbons (Fsp3) is 0.800. The Morgan fingerprint density at radius 2 is 2.06 bits per heavy atom. The summed E-state index contributed by atoms with van der Waals surface area (Å²) in [5.74, 6) is 1.74. The van der Waals surface area contributed by atoms with Gasteiger partial charge in [0.05, 0.1) is 17.4 Å². The predicted octanol–water partition coefficient (Wildman–Crippen LogP) is 3.21. The van der Waals surface area contributed by atoms with Gasteiger partial charge in [-0.25, -0.2) is 0 Å². The van der Waals surface area contributed by atoms with Gasteiger partial charge in [-0.05, 0) is 44.7 Å². The lowest BCUT2D eigenvalue weighted by Crippen LogP contribution is -2.30. The minimum absolute atomic E-state index is 0.467. The molecule has 3 nitrogen and oxygen atoms in total. The molecule has 0 aromatic carbocycles. The standard InChI is InChI=1S/C15H27N3/c1-5-12-6-8-13(9-7-12)15(16-3)14-10-11(2)17-18(14)4/h10,12-13,15-16H,5-9H2,1-4H3. The molecular weight excluding hydrogens is 222 g/mol. The molecule has 0 bridgehead atoms. The van der Waals surface area contributed by atoms with Crippen molar-refractivity contribution in [1.29, 1.82) is 0 Å². The normalized spacial score (nSPS) is 26.2. The highest BCUT2D eigenvalue weighted by Crippen LogP contribution is 2.37.